The lowest BCUT2D eigenvalue weighted by atomic mass is 9.85. The first-order valence-electron chi connectivity index (χ1n) is 7.40. The van der Waals surface area contributed by atoms with E-state index in [0.29, 0.717) is 29.2 Å². The van der Waals surface area contributed by atoms with Crippen molar-refractivity contribution < 1.29 is 19.1 Å². The number of ether oxygens (including phenoxy) is 1. The normalized spacial score (nSPS) is 23.1. The Morgan fingerprint density at radius 1 is 1.22 bits per heavy atom. The lowest BCUT2D eigenvalue weighted by Gasteiger charge is -2.14. The molecular formula is C17H16ClNO4. The monoisotopic (exact) mass is 333 g/mol. The predicted molar refractivity (Wildman–Crippen MR) is 84.4 cm³/mol. The molecule has 0 aromatic heterocycles. The highest BCUT2D eigenvalue weighted by molar-refractivity contribution is 6.32. The maximum Gasteiger partial charge on any atom is 0.233 e. The molecule has 2 amide bonds. The average molecular weight is 334 g/mol. The molecule has 1 fully saturated rings. The van der Waals surface area contributed by atoms with Crippen LogP contribution in [0.5, 0.6) is 5.75 Å². The van der Waals surface area contributed by atoms with Gasteiger partial charge in [-0.3, -0.25) is 19.3 Å². The fourth-order valence-electron chi connectivity index (χ4n) is 3.10. The highest BCUT2D eigenvalue weighted by Crippen LogP contribution is 2.35. The lowest BCUT2D eigenvalue weighted by Crippen LogP contribution is -2.36. The summed E-state index contributed by atoms with van der Waals surface area (Å²) in [5.74, 6) is -0.995. The Morgan fingerprint density at radius 2 is 1.83 bits per heavy atom. The zero-order valence-electron chi connectivity index (χ0n) is 12.6. The Labute approximate surface area is 138 Å². The Bertz CT molecular complexity index is 687. The Hall–Kier alpha value is -2.14. The lowest BCUT2D eigenvalue weighted by molar-refractivity contribution is -0.139. The van der Waals surface area contributed by atoms with Crippen molar-refractivity contribution in [3.63, 3.8) is 0 Å². The van der Waals surface area contributed by atoms with Crippen molar-refractivity contribution in [2.75, 3.05) is 13.7 Å². The van der Waals surface area contributed by atoms with Crippen LogP contribution in [0.25, 0.3) is 0 Å². The molecule has 23 heavy (non-hydrogen) atoms. The number of rotatable bonds is 4. The summed E-state index contributed by atoms with van der Waals surface area (Å²) in [6.45, 7) is -0.243. The molecule has 0 N–H and O–H groups in total. The molecule has 0 unspecified atom stereocenters. The van der Waals surface area contributed by atoms with Gasteiger partial charge < -0.3 is 4.74 Å². The van der Waals surface area contributed by atoms with Crippen LogP contribution in [0, 0.1) is 11.8 Å². The number of fused-ring (bicyclic) bond motifs is 1. The van der Waals surface area contributed by atoms with Gasteiger partial charge in [0.05, 0.1) is 30.5 Å². The number of methoxy groups -OCH3 is 1. The number of imide groups is 1. The van der Waals surface area contributed by atoms with Crippen molar-refractivity contribution >= 4 is 29.2 Å². The van der Waals surface area contributed by atoms with Crippen LogP contribution in [0.1, 0.15) is 23.2 Å². The van der Waals surface area contributed by atoms with E-state index in [1.54, 1.807) is 12.1 Å². The minimum Gasteiger partial charge on any atom is -0.495 e. The number of amides is 2. The smallest absolute Gasteiger partial charge is 0.233 e. The van der Waals surface area contributed by atoms with Crippen LogP contribution in [0.15, 0.2) is 30.4 Å². The SMILES string of the molecule is COc1ccc(C(=O)CN2C(=O)[C@@H]3CC=CC[C@H]3C2=O)cc1Cl. The fraction of sp³-hybridized carbons (Fsp3) is 0.353. The second-order valence-corrected chi connectivity index (χ2v) is 6.10. The first kappa shape index (κ1) is 15.7. The molecule has 1 aliphatic carbocycles. The van der Waals surface area contributed by atoms with Crippen LogP contribution in [-0.2, 0) is 9.59 Å². The van der Waals surface area contributed by atoms with Crippen molar-refractivity contribution in [1.82, 2.24) is 4.90 Å². The van der Waals surface area contributed by atoms with Gasteiger partial charge in [-0.25, -0.2) is 0 Å². The topological polar surface area (TPSA) is 63.7 Å². The largest absolute Gasteiger partial charge is 0.495 e. The zero-order valence-corrected chi connectivity index (χ0v) is 13.4. The second kappa shape index (κ2) is 6.16. The van der Waals surface area contributed by atoms with Gasteiger partial charge in [0.1, 0.15) is 5.75 Å². The molecular weight excluding hydrogens is 318 g/mol. The molecule has 1 saturated heterocycles. The van der Waals surface area contributed by atoms with Crippen molar-refractivity contribution in [3.05, 3.63) is 40.9 Å². The number of Topliss-reactive ketones (excluding diaryl/α,β-unsaturated/α-hetero) is 1. The van der Waals surface area contributed by atoms with Gasteiger partial charge in [0.15, 0.2) is 5.78 Å². The van der Waals surface area contributed by atoms with E-state index >= 15 is 0 Å². The predicted octanol–water partition coefficient (Wildman–Crippen LogP) is 2.48. The van der Waals surface area contributed by atoms with E-state index in [-0.39, 0.29) is 36.0 Å². The van der Waals surface area contributed by atoms with Crippen LogP contribution in [0.4, 0.5) is 0 Å². The van der Waals surface area contributed by atoms with E-state index in [1.165, 1.54) is 13.2 Å². The van der Waals surface area contributed by atoms with Gasteiger partial charge in [-0.05, 0) is 31.0 Å². The maximum absolute atomic E-state index is 12.4. The molecule has 5 nitrogen and oxygen atoms in total. The third kappa shape index (κ3) is 2.77. The Kier molecular flexibility index (Phi) is 4.22. The van der Waals surface area contributed by atoms with E-state index in [0.717, 1.165) is 4.90 Å². The van der Waals surface area contributed by atoms with Gasteiger partial charge in [-0.1, -0.05) is 23.8 Å². The Morgan fingerprint density at radius 3 is 2.35 bits per heavy atom. The summed E-state index contributed by atoms with van der Waals surface area (Å²) in [5.41, 5.74) is 0.351. The maximum atomic E-state index is 12.4. The number of halogens is 1. The molecule has 1 aromatic rings. The van der Waals surface area contributed by atoms with Crippen LogP contribution in [0.3, 0.4) is 0 Å². The fourth-order valence-corrected chi connectivity index (χ4v) is 3.36. The number of likely N-dealkylation sites (tertiary alicyclic amines) is 1. The highest BCUT2D eigenvalue weighted by atomic mass is 35.5. The molecule has 3 rings (SSSR count). The van der Waals surface area contributed by atoms with E-state index in [9.17, 15) is 14.4 Å². The van der Waals surface area contributed by atoms with Crippen molar-refractivity contribution in [1.29, 1.82) is 0 Å². The van der Waals surface area contributed by atoms with Crippen LogP contribution < -0.4 is 4.74 Å². The zero-order chi connectivity index (χ0) is 16.6. The number of carbonyl (C=O) groups excluding carboxylic acids is 3. The number of allylic oxidation sites excluding steroid dienone is 2. The number of ketones is 1. The van der Waals surface area contributed by atoms with Crippen LogP contribution in [-0.4, -0.2) is 36.2 Å². The van der Waals surface area contributed by atoms with E-state index in [4.69, 9.17) is 16.3 Å². The minimum atomic E-state index is -0.320. The summed E-state index contributed by atoms with van der Waals surface area (Å²) >= 11 is 6.01. The molecule has 6 heteroatoms. The summed E-state index contributed by atoms with van der Waals surface area (Å²) in [6, 6.07) is 4.65. The van der Waals surface area contributed by atoms with Crippen molar-refractivity contribution in [2.45, 2.75) is 12.8 Å². The molecule has 2 atom stereocenters. The van der Waals surface area contributed by atoms with Gasteiger partial charge in [0, 0.05) is 5.56 Å². The molecule has 1 heterocycles. The standard InChI is InChI=1S/C17H16ClNO4/c1-23-15-7-6-10(8-13(15)18)14(20)9-19-16(21)11-4-2-3-5-12(11)17(19)22/h2-3,6-8,11-12H,4-5,9H2,1H3/t11-,12-/m1/s1. The van der Waals surface area contributed by atoms with E-state index in [1.807, 2.05) is 12.2 Å². The van der Waals surface area contributed by atoms with Crippen molar-refractivity contribution in [3.8, 4) is 5.75 Å². The summed E-state index contributed by atoms with van der Waals surface area (Å²) in [6.07, 6.45) is 4.96. The third-order valence-corrected chi connectivity index (χ3v) is 4.67. The first-order valence-corrected chi connectivity index (χ1v) is 7.77. The number of benzene rings is 1. The summed E-state index contributed by atoms with van der Waals surface area (Å²) in [7, 11) is 1.49. The molecule has 0 spiro atoms. The van der Waals surface area contributed by atoms with Crippen LogP contribution >= 0.6 is 11.6 Å². The molecule has 1 aromatic carbocycles. The second-order valence-electron chi connectivity index (χ2n) is 5.69. The average Bonchev–Trinajstić information content (AvgIpc) is 2.80. The molecule has 0 bridgehead atoms. The highest BCUT2D eigenvalue weighted by Gasteiger charge is 2.47. The quantitative estimate of drug-likeness (QED) is 0.482. The van der Waals surface area contributed by atoms with E-state index < -0.39 is 0 Å². The number of carbonyl (C=O) groups is 3. The number of hydrogen-bond donors (Lipinski definition) is 0. The van der Waals surface area contributed by atoms with Gasteiger partial charge in [0.2, 0.25) is 11.8 Å². The molecule has 0 saturated carbocycles. The van der Waals surface area contributed by atoms with Gasteiger partial charge in [0.25, 0.3) is 0 Å². The summed E-state index contributed by atoms with van der Waals surface area (Å²) in [4.78, 5) is 38.2. The number of nitrogens with zero attached hydrogens (tertiary/aromatic N) is 1. The van der Waals surface area contributed by atoms with Gasteiger partial charge in [-0.2, -0.15) is 0 Å². The molecule has 0 radical (unpaired) electrons. The summed E-state index contributed by atoms with van der Waals surface area (Å²) in [5, 5.41) is 0.315. The van der Waals surface area contributed by atoms with Gasteiger partial charge in [-0.15, -0.1) is 0 Å². The minimum absolute atomic E-state index is 0.243. The molecule has 120 valence electrons. The molecule has 2 aliphatic rings. The molecule has 1 aliphatic heterocycles. The third-order valence-electron chi connectivity index (χ3n) is 4.37. The van der Waals surface area contributed by atoms with Crippen molar-refractivity contribution in [2.24, 2.45) is 11.8 Å². The number of hydrogen-bond acceptors (Lipinski definition) is 4. The van der Waals surface area contributed by atoms with E-state index in [2.05, 4.69) is 0 Å². The van der Waals surface area contributed by atoms with Crippen LogP contribution in [0.2, 0.25) is 5.02 Å². The van der Waals surface area contributed by atoms with Gasteiger partial charge >= 0.3 is 0 Å². The first-order chi connectivity index (χ1) is 11.0. The summed E-state index contributed by atoms with van der Waals surface area (Å²) < 4.78 is 5.04. The Balaban J connectivity index is 1.77.